The second kappa shape index (κ2) is 6.18. The number of halogens is 5. The first-order chi connectivity index (χ1) is 7.38. The Morgan fingerprint density at radius 2 is 1.82 bits per heavy atom. The zero-order valence-corrected chi connectivity index (χ0v) is 9.61. The lowest BCUT2D eigenvalue weighted by Gasteiger charge is -2.15. The minimum atomic E-state index is -4.71. The van der Waals surface area contributed by atoms with E-state index in [0.717, 1.165) is 6.07 Å². The predicted octanol–water partition coefficient (Wildman–Crippen LogP) is 2.61. The fraction of sp³-hybridized carbons (Fsp3) is 0.400. The van der Waals surface area contributed by atoms with Gasteiger partial charge in [-0.2, -0.15) is 13.2 Å². The zero-order chi connectivity index (χ0) is 12.3. The van der Waals surface area contributed by atoms with Gasteiger partial charge in [0.25, 0.3) is 0 Å². The molecule has 0 spiro atoms. The number of hydrogen-bond donors (Lipinski definition) is 2. The fourth-order valence-corrected chi connectivity index (χ4v) is 1.39. The van der Waals surface area contributed by atoms with E-state index in [-0.39, 0.29) is 30.9 Å². The third-order valence-corrected chi connectivity index (χ3v) is 2.21. The molecule has 0 aliphatic carbocycles. The molecule has 0 aliphatic heterocycles. The van der Waals surface area contributed by atoms with Crippen molar-refractivity contribution in [2.45, 2.75) is 18.6 Å². The minimum absolute atomic E-state index is 0. The van der Waals surface area contributed by atoms with Crippen molar-refractivity contribution in [2.75, 3.05) is 6.54 Å². The monoisotopic (exact) mass is 272 g/mol. The summed E-state index contributed by atoms with van der Waals surface area (Å²) in [5.41, 5.74) is 9.30. The predicted molar refractivity (Wildman–Crippen MR) is 59.2 cm³/mol. The molecule has 0 aromatic heterocycles. The van der Waals surface area contributed by atoms with Crippen molar-refractivity contribution in [2.24, 2.45) is 11.5 Å². The third-order valence-electron chi connectivity index (χ3n) is 2.21. The van der Waals surface area contributed by atoms with Gasteiger partial charge < -0.3 is 11.5 Å². The van der Waals surface area contributed by atoms with E-state index in [0.29, 0.717) is 6.07 Å². The van der Waals surface area contributed by atoms with Gasteiger partial charge in [-0.15, -0.1) is 12.4 Å². The Balaban J connectivity index is 0.00000256. The minimum Gasteiger partial charge on any atom is -0.330 e. The Morgan fingerprint density at radius 1 is 1.24 bits per heavy atom. The van der Waals surface area contributed by atoms with E-state index in [1.165, 1.54) is 6.07 Å². The summed E-state index contributed by atoms with van der Waals surface area (Å²) in [6.45, 7) is 0.191. The molecule has 0 fully saturated rings. The van der Waals surface area contributed by atoms with Crippen LogP contribution in [0.5, 0.6) is 0 Å². The average Bonchev–Trinajstić information content (AvgIpc) is 2.16. The Morgan fingerprint density at radius 3 is 2.29 bits per heavy atom. The van der Waals surface area contributed by atoms with Gasteiger partial charge in [-0.25, -0.2) is 4.39 Å². The maximum atomic E-state index is 13.5. The van der Waals surface area contributed by atoms with Gasteiger partial charge >= 0.3 is 6.18 Å². The number of alkyl halides is 3. The average molecular weight is 273 g/mol. The highest BCUT2D eigenvalue weighted by molar-refractivity contribution is 5.85. The highest BCUT2D eigenvalue weighted by Gasteiger charge is 2.35. The number of hydrogen-bond acceptors (Lipinski definition) is 2. The van der Waals surface area contributed by atoms with Crippen LogP contribution < -0.4 is 11.5 Å². The zero-order valence-electron chi connectivity index (χ0n) is 8.80. The summed E-state index contributed by atoms with van der Waals surface area (Å²) >= 11 is 0. The van der Waals surface area contributed by atoms with Gasteiger partial charge in [-0.05, 0) is 19.0 Å². The van der Waals surface area contributed by atoms with Crippen molar-refractivity contribution in [1.82, 2.24) is 0 Å². The fourth-order valence-electron chi connectivity index (χ4n) is 1.39. The third kappa shape index (κ3) is 3.83. The molecule has 1 aromatic rings. The molecule has 0 heterocycles. The van der Waals surface area contributed by atoms with Gasteiger partial charge in [0.2, 0.25) is 0 Å². The van der Waals surface area contributed by atoms with Crippen LogP contribution in [-0.4, -0.2) is 6.54 Å². The largest absolute Gasteiger partial charge is 0.419 e. The smallest absolute Gasteiger partial charge is 0.330 e. The molecule has 0 saturated carbocycles. The van der Waals surface area contributed by atoms with Crippen LogP contribution >= 0.6 is 12.4 Å². The molecule has 0 saturated heterocycles. The number of nitrogens with two attached hydrogens (primary N) is 2. The van der Waals surface area contributed by atoms with E-state index in [2.05, 4.69) is 0 Å². The summed E-state index contributed by atoms with van der Waals surface area (Å²) < 4.78 is 50.6. The van der Waals surface area contributed by atoms with Crippen LogP contribution in [0, 0.1) is 5.82 Å². The Hall–Kier alpha value is -0.850. The van der Waals surface area contributed by atoms with E-state index in [1.54, 1.807) is 0 Å². The van der Waals surface area contributed by atoms with Crippen molar-refractivity contribution in [3.63, 3.8) is 0 Å². The van der Waals surface area contributed by atoms with E-state index >= 15 is 0 Å². The van der Waals surface area contributed by atoms with Gasteiger partial charge in [0.15, 0.2) is 0 Å². The van der Waals surface area contributed by atoms with Gasteiger partial charge in [-0.1, -0.05) is 12.1 Å². The van der Waals surface area contributed by atoms with Crippen LogP contribution in [0.15, 0.2) is 18.2 Å². The summed E-state index contributed by atoms with van der Waals surface area (Å²) in [5, 5.41) is 0. The summed E-state index contributed by atoms with van der Waals surface area (Å²) in [6.07, 6.45) is -4.47. The lowest BCUT2D eigenvalue weighted by molar-refractivity contribution is -0.140. The molecule has 0 aliphatic rings. The Kier molecular flexibility index (Phi) is 5.87. The first kappa shape index (κ1) is 16.1. The molecule has 1 rings (SSSR count). The summed E-state index contributed by atoms with van der Waals surface area (Å²) in [5.74, 6) is -1.31. The second-order valence-electron chi connectivity index (χ2n) is 3.39. The summed E-state index contributed by atoms with van der Waals surface area (Å²) in [6, 6.07) is 2.25. The van der Waals surface area contributed by atoms with Crippen LogP contribution in [0.3, 0.4) is 0 Å². The van der Waals surface area contributed by atoms with Crippen molar-refractivity contribution >= 4 is 12.4 Å². The normalized spacial score (nSPS) is 13.1. The second-order valence-corrected chi connectivity index (χ2v) is 3.39. The topological polar surface area (TPSA) is 52.0 Å². The van der Waals surface area contributed by atoms with E-state index in [9.17, 15) is 17.6 Å². The Bertz CT molecular complexity index is 368. The Labute approximate surface area is 102 Å². The molecule has 0 bridgehead atoms. The number of rotatable bonds is 3. The van der Waals surface area contributed by atoms with Crippen molar-refractivity contribution in [1.29, 1.82) is 0 Å². The summed E-state index contributed by atoms with van der Waals surface area (Å²) in [4.78, 5) is 0. The highest BCUT2D eigenvalue weighted by Crippen LogP contribution is 2.33. The molecule has 1 atom stereocenters. The standard InChI is InChI=1S/C10H12F4N2.ClH/c11-9-6(8(16)4-5-15)2-1-3-7(9)10(12,13)14;/h1-3,8H,4-5,15-16H2;1H/t8-;/m0./s1. The first-order valence-corrected chi connectivity index (χ1v) is 4.69. The van der Waals surface area contributed by atoms with E-state index in [1.807, 2.05) is 0 Å². The molecule has 1 aromatic carbocycles. The molecule has 4 N–H and O–H groups in total. The lowest BCUT2D eigenvalue weighted by atomic mass is 10.0. The van der Waals surface area contributed by atoms with E-state index in [4.69, 9.17) is 11.5 Å². The van der Waals surface area contributed by atoms with Crippen LogP contribution in [0.4, 0.5) is 17.6 Å². The molecule has 0 amide bonds. The highest BCUT2D eigenvalue weighted by atomic mass is 35.5. The van der Waals surface area contributed by atoms with Crippen molar-refractivity contribution < 1.29 is 17.6 Å². The lowest BCUT2D eigenvalue weighted by Crippen LogP contribution is -2.19. The van der Waals surface area contributed by atoms with Crippen molar-refractivity contribution in [3.8, 4) is 0 Å². The van der Waals surface area contributed by atoms with Crippen LogP contribution in [0.2, 0.25) is 0 Å². The molecule has 0 radical (unpaired) electrons. The molecular weight excluding hydrogens is 260 g/mol. The summed E-state index contributed by atoms with van der Waals surface area (Å²) in [7, 11) is 0. The maximum absolute atomic E-state index is 13.5. The molecule has 2 nitrogen and oxygen atoms in total. The SMILES string of the molecule is Cl.NCC[C@H](N)c1cccc(C(F)(F)F)c1F. The van der Waals surface area contributed by atoms with Crippen LogP contribution in [0.25, 0.3) is 0 Å². The van der Waals surface area contributed by atoms with Crippen LogP contribution in [-0.2, 0) is 6.18 Å². The van der Waals surface area contributed by atoms with Crippen LogP contribution in [0.1, 0.15) is 23.6 Å². The molecular formula is C10H13ClF4N2. The molecule has 7 heteroatoms. The molecule has 98 valence electrons. The first-order valence-electron chi connectivity index (χ1n) is 4.69. The molecule has 17 heavy (non-hydrogen) atoms. The quantitative estimate of drug-likeness (QED) is 0.831. The maximum Gasteiger partial charge on any atom is 0.419 e. The van der Waals surface area contributed by atoms with Gasteiger partial charge in [0, 0.05) is 11.6 Å². The number of benzene rings is 1. The molecule has 0 unspecified atom stereocenters. The van der Waals surface area contributed by atoms with Gasteiger partial charge in [0.1, 0.15) is 5.82 Å². The van der Waals surface area contributed by atoms with Gasteiger partial charge in [-0.3, -0.25) is 0 Å². The van der Waals surface area contributed by atoms with Gasteiger partial charge in [0.05, 0.1) is 5.56 Å². The van der Waals surface area contributed by atoms with Crippen molar-refractivity contribution in [3.05, 3.63) is 35.1 Å². The van der Waals surface area contributed by atoms with E-state index < -0.39 is 23.6 Å².